The normalized spacial score (nSPS) is 14.7. The Balaban J connectivity index is 1.50. The zero-order chi connectivity index (χ0) is 20.8. The molecule has 154 valence electrons. The van der Waals surface area contributed by atoms with Crippen LogP contribution in [-0.2, 0) is 11.3 Å². The summed E-state index contributed by atoms with van der Waals surface area (Å²) in [6.07, 6.45) is 3.32. The molecule has 1 saturated heterocycles. The highest BCUT2D eigenvalue weighted by molar-refractivity contribution is 5.99. The van der Waals surface area contributed by atoms with Gasteiger partial charge in [-0.05, 0) is 43.0 Å². The van der Waals surface area contributed by atoms with Crippen LogP contribution in [0.4, 0.5) is 11.5 Å². The van der Waals surface area contributed by atoms with E-state index >= 15 is 0 Å². The summed E-state index contributed by atoms with van der Waals surface area (Å²) in [5.74, 6) is 1.42. The highest BCUT2D eigenvalue weighted by atomic mass is 16.1. The molecule has 3 rings (SSSR count). The summed E-state index contributed by atoms with van der Waals surface area (Å²) >= 11 is 0. The van der Waals surface area contributed by atoms with E-state index < -0.39 is 0 Å². The van der Waals surface area contributed by atoms with Crippen LogP contribution in [0.2, 0.25) is 0 Å². The van der Waals surface area contributed by atoms with E-state index in [4.69, 9.17) is 0 Å². The van der Waals surface area contributed by atoms with Crippen molar-refractivity contribution in [1.82, 2.24) is 9.88 Å². The Labute approximate surface area is 174 Å². The minimum absolute atomic E-state index is 0.116. The van der Waals surface area contributed by atoms with Crippen LogP contribution in [-0.4, -0.2) is 42.0 Å². The molecular weight excluding hydrogens is 360 g/mol. The average Bonchev–Trinajstić information content (AvgIpc) is 2.69. The summed E-state index contributed by atoms with van der Waals surface area (Å²) in [6, 6.07) is 12.9. The van der Waals surface area contributed by atoms with Crippen molar-refractivity contribution in [3.05, 3.63) is 65.4 Å². The number of aromatic nitrogens is 1. The van der Waals surface area contributed by atoms with E-state index in [0.29, 0.717) is 5.92 Å². The first-order chi connectivity index (χ1) is 13.9. The van der Waals surface area contributed by atoms with Crippen molar-refractivity contribution in [1.29, 1.82) is 0 Å². The van der Waals surface area contributed by atoms with Crippen LogP contribution in [0, 0.1) is 0 Å². The third-order valence-electron chi connectivity index (χ3n) is 5.18. The minimum atomic E-state index is -0.116. The Hall–Kier alpha value is -2.66. The zero-order valence-electron chi connectivity index (χ0n) is 18.0. The quantitative estimate of drug-likeness (QED) is 0.739. The molecule has 2 heterocycles. The van der Waals surface area contributed by atoms with Crippen molar-refractivity contribution in [2.24, 2.45) is 0 Å². The van der Waals surface area contributed by atoms with Crippen molar-refractivity contribution in [2.75, 3.05) is 36.4 Å². The molecule has 0 unspecified atom stereocenters. The molecule has 29 heavy (non-hydrogen) atoms. The van der Waals surface area contributed by atoms with Crippen molar-refractivity contribution in [3.63, 3.8) is 0 Å². The van der Waals surface area contributed by atoms with Crippen molar-refractivity contribution >= 4 is 17.4 Å². The largest absolute Gasteiger partial charge is 0.354 e. The third kappa shape index (κ3) is 6.16. The summed E-state index contributed by atoms with van der Waals surface area (Å²) in [5, 5.41) is 2.84. The lowest BCUT2D eigenvalue weighted by molar-refractivity contribution is -0.111. The molecule has 1 fully saturated rings. The monoisotopic (exact) mass is 392 g/mol. The molecule has 1 N–H and O–H groups in total. The number of amides is 1. The first-order valence-corrected chi connectivity index (χ1v) is 10.4. The van der Waals surface area contributed by atoms with Gasteiger partial charge in [0.1, 0.15) is 5.82 Å². The van der Waals surface area contributed by atoms with E-state index in [0.717, 1.165) is 49.8 Å². The van der Waals surface area contributed by atoms with Crippen LogP contribution in [0.15, 0.2) is 54.2 Å². The predicted molar refractivity (Wildman–Crippen MR) is 120 cm³/mol. The molecule has 0 bridgehead atoms. The molecule has 0 spiro atoms. The number of anilines is 2. The van der Waals surface area contributed by atoms with Gasteiger partial charge in [-0.3, -0.25) is 9.69 Å². The Morgan fingerprint density at radius 2 is 1.76 bits per heavy atom. The van der Waals surface area contributed by atoms with Gasteiger partial charge in [0.2, 0.25) is 5.91 Å². The molecule has 1 aromatic carbocycles. The lowest BCUT2D eigenvalue weighted by Crippen LogP contribution is -2.46. The van der Waals surface area contributed by atoms with Gasteiger partial charge in [-0.15, -0.1) is 0 Å². The van der Waals surface area contributed by atoms with Gasteiger partial charge in [0.15, 0.2) is 0 Å². The molecule has 0 radical (unpaired) electrons. The van der Waals surface area contributed by atoms with Gasteiger partial charge < -0.3 is 10.2 Å². The summed E-state index contributed by atoms with van der Waals surface area (Å²) < 4.78 is 0. The number of piperazine rings is 1. The lowest BCUT2D eigenvalue weighted by atomic mass is 10.0. The van der Waals surface area contributed by atoms with Crippen LogP contribution >= 0.6 is 0 Å². The van der Waals surface area contributed by atoms with Gasteiger partial charge >= 0.3 is 0 Å². The van der Waals surface area contributed by atoms with Gasteiger partial charge in [0.25, 0.3) is 0 Å². The second-order valence-corrected chi connectivity index (χ2v) is 8.28. The average molecular weight is 393 g/mol. The van der Waals surface area contributed by atoms with E-state index in [1.54, 1.807) is 12.3 Å². The Bertz CT molecular complexity index is 828. The standard InChI is InChI=1S/C24H32N4O/c1-18(2)15-24(29)26-22-9-10-23(25-16-22)28-13-11-27(12-14-28)17-20-5-7-21(8-6-20)19(3)4/h5-10,15-16,19H,11-14,17H2,1-4H3,(H,26,29). The Kier molecular flexibility index (Phi) is 7.04. The van der Waals surface area contributed by atoms with E-state index in [1.165, 1.54) is 11.1 Å². The topological polar surface area (TPSA) is 48.5 Å². The number of hydrogen-bond acceptors (Lipinski definition) is 4. The van der Waals surface area contributed by atoms with Crippen LogP contribution in [0.1, 0.15) is 44.7 Å². The second-order valence-electron chi connectivity index (χ2n) is 8.28. The molecular formula is C24H32N4O. The maximum absolute atomic E-state index is 11.8. The van der Waals surface area contributed by atoms with Crippen LogP contribution < -0.4 is 10.2 Å². The molecule has 5 heteroatoms. The maximum atomic E-state index is 11.8. The number of rotatable bonds is 6. The fourth-order valence-corrected chi connectivity index (χ4v) is 3.49. The number of carbonyl (C=O) groups is 1. The maximum Gasteiger partial charge on any atom is 0.248 e. The van der Waals surface area contributed by atoms with Crippen molar-refractivity contribution in [3.8, 4) is 0 Å². The number of pyridine rings is 1. The molecule has 0 saturated carbocycles. The van der Waals surface area contributed by atoms with Gasteiger partial charge in [-0.2, -0.15) is 0 Å². The zero-order valence-corrected chi connectivity index (χ0v) is 18.0. The minimum Gasteiger partial charge on any atom is -0.354 e. The number of nitrogens with zero attached hydrogens (tertiary/aromatic N) is 3. The molecule has 1 aromatic heterocycles. The first kappa shape index (κ1) is 21.1. The molecule has 0 atom stereocenters. The van der Waals surface area contributed by atoms with Gasteiger partial charge in [0, 0.05) is 38.8 Å². The second kappa shape index (κ2) is 9.70. The van der Waals surface area contributed by atoms with Crippen molar-refractivity contribution < 1.29 is 4.79 Å². The summed E-state index contributed by atoms with van der Waals surface area (Å²) in [7, 11) is 0. The highest BCUT2D eigenvalue weighted by Crippen LogP contribution is 2.19. The van der Waals surface area contributed by atoms with Crippen LogP contribution in [0.3, 0.4) is 0 Å². The van der Waals surface area contributed by atoms with E-state index in [-0.39, 0.29) is 5.91 Å². The fourth-order valence-electron chi connectivity index (χ4n) is 3.49. The SMILES string of the molecule is CC(C)=CC(=O)Nc1ccc(N2CCN(Cc3ccc(C(C)C)cc3)CC2)nc1. The lowest BCUT2D eigenvalue weighted by Gasteiger charge is -2.35. The van der Waals surface area contributed by atoms with Crippen LogP contribution in [0.25, 0.3) is 0 Å². The van der Waals surface area contributed by atoms with E-state index in [1.807, 2.05) is 26.0 Å². The first-order valence-electron chi connectivity index (χ1n) is 10.4. The number of allylic oxidation sites excluding steroid dienone is 1. The third-order valence-corrected chi connectivity index (χ3v) is 5.18. The molecule has 0 aliphatic carbocycles. The molecule has 5 nitrogen and oxygen atoms in total. The molecule has 1 amide bonds. The smallest absolute Gasteiger partial charge is 0.248 e. The number of benzene rings is 1. The number of carbonyl (C=O) groups excluding carboxylic acids is 1. The van der Waals surface area contributed by atoms with Crippen LogP contribution in [0.5, 0.6) is 0 Å². The molecule has 1 aliphatic heterocycles. The van der Waals surface area contributed by atoms with Gasteiger partial charge in [-0.1, -0.05) is 43.7 Å². The number of nitrogens with one attached hydrogen (secondary N) is 1. The van der Waals surface area contributed by atoms with Gasteiger partial charge in [-0.25, -0.2) is 4.98 Å². The van der Waals surface area contributed by atoms with E-state index in [9.17, 15) is 4.79 Å². The molecule has 2 aromatic rings. The summed E-state index contributed by atoms with van der Waals surface area (Å²) in [4.78, 5) is 21.2. The van der Waals surface area contributed by atoms with Crippen molar-refractivity contribution in [2.45, 2.75) is 40.2 Å². The Morgan fingerprint density at radius 3 is 2.31 bits per heavy atom. The van der Waals surface area contributed by atoms with E-state index in [2.05, 4.69) is 58.2 Å². The summed E-state index contributed by atoms with van der Waals surface area (Å²) in [6.45, 7) is 13.2. The summed E-state index contributed by atoms with van der Waals surface area (Å²) in [5.41, 5.74) is 4.46. The fraction of sp³-hybridized carbons (Fsp3) is 0.417. The van der Waals surface area contributed by atoms with Gasteiger partial charge in [0.05, 0.1) is 11.9 Å². The predicted octanol–water partition coefficient (Wildman–Crippen LogP) is 4.43. The molecule has 1 aliphatic rings. The Morgan fingerprint density at radius 1 is 1.07 bits per heavy atom. The number of hydrogen-bond donors (Lipinski definition) is 1. The highest BCUT2D eigenvalue weighted by Gasteiger charge is 2.18.